The molecule has 0 radical (unpaired) electrons. The maximum Gasteiger partial charge on any atom is 0.322 e. The smallest absolute Gasteiger partial charge is 0.322 e. The first-order valence-corrected chi connectivity index (χ1v) is 4.58. The zero-order valence-electron chi connectivity index (χ0n) is 7.03. The van der Waals surface area contributed by atoms with E-state index >= 15 is 0 Å². The maximum atomic E-state index is 11.3. The van der Waals surface area contributed by atoms with Crippen LogP contribution >= 0.6 is 11.3 Å². The van der Waals surface area contributed by atoms with E-state index in [1.165, 1.54) is 11.3 Å². The zero-order chi connectivity index (χ0) is 9.84. The normalized spacial score (nSPS) is 9.62. The molecule has 1 amide bonds. The summed E-state index contributed by atoms with van der Waals surface area (Å²) in [7, 11) is 0. The number of rotatable bonds is 3. The van der Waals surface area contributed by atoms with Crippen LogP contribution in [0.1, 0.15) is 15.9 Å². The number of aryl methyl sites for hydroxylation is 1. The third-order valence-corrected chi connectivity index (χ3v) is 2.36. The summed E-state index contributed by atoms with van der Waals surface area (Å²) < 4.78 is 0. The van der Waals surface area contributed by atoms with Gasteiger partial charge in [0.15, 0.2) is 0 Å². The number of thiophene rings is 1. The fraction of sp³-hybridized carbons (Fsp3) is 0.250. The van der Waals surface area contributed by atoms with Crippen LogP contribution in [0.3, 0.4) is 0 Å². The lowest BCUT2D eigenvalue weighted by molar-refractivity contribution is -0.135. The van der Waals surface area contributed by atoms with E-state index in [1.54, 1.807) is 5.38 Å². The van der Waals surface area contributed by atoms with Gasteiger partial charge in [0.1, 0.15) is 6.54 Å². The number of nitrogens with one attached hydrogen (secondary N) is 1. The Hall–Kier alpha value is -1.36. The van der Waals surface area contributed by atoms with Crippen molar-refractivity contribution in [1.29, 1.82) is 0 Å². The average molecular weight is 199 g/mol. The predicted octanol–water partition coefficient (Wildman–Crippen LogP) is 0.871. The first kappa shape index (κ1) is 9.73. The topological polar surface area (TPSA) is 66.4 Å². The average Bonchev–Trinajstić information content (AvgIpc) is 2.47. The minimum absolute atomic E-state index is 0.332. The van der Waals surface area contributed by atoms with Crippen molar-refractivity contribution in [2.24, 2.45) is 0 Å². The molecule has 0 unspecified atom stereocenters. The van der Waals surface area contributed by atoms with Gasteiger partial charge in [-0.05, 0) is 17.9 Å². The van der Waals surface area contributed by atoms with Gasteiger partial charge in [-0.2, -0.15) is 11.3 Å². The number of carboxylic acid groups (broad SMARTS) is 1. The van der Waals surface area contributed by atoms with Gasteiger partial charge in [0.2, 0.25) is 0 Å². The van der Waals surface area contributed by atoms with Crippen molar-refractivity contribution >= 4 is 23.2 Å². The third-order valence-electron chi connectivity index (χ3n) is 1.50. The number of hydrogen-bond acceptors (Lipinski definition) is 3. The first-order valence-electron chi connectivity index (χ1n) is 3.64. The minimum atomic E-state index is -1.04. The van der Waals surface area contributed by atoms with Crippen molar-refractivity contribution in [3.05, 3.63) is 21.9 Å². The second-order valence-electron chi connectivity index (χ2n) is 2.54. The molecule has 0 atom stereocenters. The summed E-state index contributed by atoms with van der Waals surface area (Å²) in [6.07, 6.45) is 0. The highest BCUT2D eigenvalue weighted by Crippen LogP contribution is 2.12. The number of carbonyl (C=O) groups excluding carboxylic acids is 1. The Bertz CT molecular complexity index is 332. The van der Waals surface area contributed by atoms with Crippen LogP contribution in [0.4, 0.5) is 0 Å². The molecule has 1 heterocycles. The van der Waals surface area contributed by atoms with E-state index in [2.05, 4.69) is 5.32 Å². The predicted molar refractivity (Wildman–Crippen MR) is 49.0 cm³/mol. The fourth-order valence-electron chi connectivity index (χ4n) is 0.844. The van der Waals surface area contributed by atoms with Crippen LogP contribution in [-0.4, -0.2) is 23.5 Å². The lowest BCUT2D eigenvalue weighted by atomic mass is 10.2. The van der Waals surface area contributed by atoms with Gasteiger partial charge in [0.05, 0.1) is 5.56 Å². The highest BCUT2D eigenvalue weighted by atomic mass is 32.1. The first-order chi connectivity index (χ1) is 6.11. The maximum absolute atomic E-state index is 11.3. The zero-order valence-corrected chi connectivity index (χ0v) is 7.85. The summed E-state index contributed by atoms with van der Waals surface area (Å²) in [5, 5.41) is 14.2. The van der Waals surface area contributed by atoms with E-state index < -0.39 is 5.97 Å². The standard InChI is InChI=1S/C8H9NO3S/c1-5-3-13-4-6(5)8(12)9-2-7(10)11/h3-4H,2H2,1H3,(H,9,12)(H,10,11). The lowest BCUT2D eigenvalue weighted by Crippen LogP contribution is -2.29. The Labute approximate surface area is 79.2 Å². The number of hydrogen-bond donors (Lipinski definition) is 2. The molecule has 0 saturated heterocycles. The summed E-state index contributed by atoms with van der Waals surface area (Å²) in [5.41, 5.74) is 1.42. The molecule has 4 nitrogen and oxygen atoms in total. The summed E-state index contributed by atoms with van der Waals surface area (Å²) >= 11 is 1.42. The Morgan fingerprint density at radius 3 is 2.69 bits per heavy atom. The molecule has 0 saturated carbocycles. The van der Waals surface area contributed by atoms with Gasteiger partial charge in [-0.15, -0.1) is 0 Å². The molecule has 1 rings (SSSR count). The van der Waals surface area contributed by atoms with E-state index in [4.69, 9.17) is 5.11 Å². The Morgan fingerprint density at radius 2 is 2.23 bits per heavy atom. The molecule has 0 spiro atoms. The molecule has 13 heavy (non-hydrogen) atoms. The number of carboxylic acids is 1. The van der Waals surface area contributed by atoms with Gasteiger partial charge in [-0.3, -0.25) is 9.59 Å². The van der Waals surface area contributed by atoms with Gasteiger partial charge < -0.3 is 10.4 Å². The van der Waals surface area contributed by atoms with E-state index in [-0.39, 0.29) is 12.5 Å². The van der Waals surface area contributed by atoms with Gasteiger partial charge >= 0.3 is 5.97 Å². The molecule has 0 aliphatic heterocycles. The molecule has 2 N–H and O–H groups in total. The molecule has 70 valence electrons. The van der Waals surface area contributed by atoms with E-state index in [0.29, 0.717) is 5.56 Å². The molecule has 0 bridgehead atoms. The van der Waals surface area contributed by atoms with E-state index in [0.717, 1.165) is 5.56 Å². The number of carbonyl (C=O) groups is 2. The van der Waals surface area contributed by atoms with Crippen molar-refractivity contribution in [3.8, 4) is 0 Å². The summed E-state index contributed by atoms with van der Waals surface area (Å²) in [4.78, 5) is 21.4. The Morgan fingerprint density at radius 1 is 1.54 bits per heavy atom. The highest BCUT2D eigenvalue weighted by molar-refractivity contribution is 7.08. The van der Waals surface area contributed by atoms with Crippen LogP contribution in [0, 0.1) is 6.92 Å². The van der Waals surface area contributed by atoms with Crippen molar-refractivity contribution in [3.63, 3.8) is 0 Å². The minimum Gasteiger partial charge on any atom is -0.480 e. The van der Waals surface area contributed by atoms with Gasteiger partial charge in [-0.1, -0.05) is 0 Å². The number of aliphatic carboxylic acids is 1. The van der Waals surface area contributed by atoms with Gasteiger partial charge in [0, 0.05) is 5.38 Å². The van der Waals surface area contributed by atoms with Crippen LogP contribution < -0.4 is 5.32 Å². The molecule has 0 aromatic carbocycles. The molecule has 5 heteroatoms. The second-order valence-corrected chi connectivity index (χ2v) is 3.29. The van der Waals surface area contributed by atoms with E-state index in [1.807, 2.05) is 12.3 Å². The van der Waals surface area contributed by atoms with Gasteiger partial charge in [-0.25, -0.2) is 0 Å². The Kier molecular flexibility index (Phi) is 3.02. The fourth-order valence-corrected chi connectivity index (χ4v) is 1.67. The van der Waals surface area contributed by atoms with Crippen LogP contribution in [0.5, 0.6) is 0 Å². The molecule has 0 aliphatic rings. The lowest BCUT2D eigenvalue weighted by Gasteiger charge is -2.00. The SMILES string of the molecule is Cc1cscc1C(=O)NCC(=O)O. The van der Waals surface area contributed by atoms with Crippen LogP contribution in [0.25, 0.3) is 0 Å². The molecule has 1 aromatic heterocycles. The van der Waals surface area contributed by atoms with Crippen molar-refractivity contribution in [1.82, 2.24) is 5.32 Å². The summed E-state index contributed by atoms with van der Waals surface area (Å²) in [6.45, 7) is 1.47. The number of amides is 1. The van der Waals surface area contributed by atoms with Crippen molar-refractivity contribution < 1.29 is 14.7 Å². The molecule has 0 aliphatic carbocycles. The van der Waals surface area contributed by atoms with Gasteiger partial charge in [0.25, 0.3) is 5.91 Å². The van der Waals surface area contributed by atoms with Crippen LogP contribution in [0.15, 0.2) is 10.8 Å². The second kappa shape index (κ2) is 4.04. The Balaban J connectivity index is 2.59. The van der Waals surface area contributed by atoms with Crippen molar-refractivity contribution in [2.75, 3.05) is 6.54 Å². The summed E-state index contributed by atoms with van der Waals surface area (Å²) in [6, 6.07) is 0. The van der Waals surface area contributed by atoms with Crippen LogP contribution in [-0.2, 0) is 4.79 Å². The molecular formula is C8H9NO3S. The third kappa shape index (κ3) is 2.55. The largest absolute Gasteiger partial charge is 0.480 e. The molecule has 0 fully saturated rings. The molecule has 1 aromatic rings. The monoisotopic (exact) mass is 199 g/mol. The van der Waals surface area contributed by atoms with Crippen molar-refractivity contribution in [2.45, 2.75) is 6.92 Å². The van der Waals surface area contributed by atoms with E-state index in [9.17, 15) is 9.59 Å². The quantitative estimate of drug-likeness (QED) is 0.759. The highest BCUT2D eigenvalue weighted by Gasteiger charge is 2.09. The summed E-state index contributed by atoms with van der Waals surface area (Å²) in [5.74, 6) is -1.37. The van der Waals surface area contributed by atoms with Crippen LogP contribution in [0.2, 0.25) is 0 Å². The molecular weight excluding hydrogens is 190 g/mol.